The lowest BCUT2D eigenvalue weighted by molar-refractivity contribution is -0.0980. The Morgan fingerprint density at radius 2 is 1.62 bits per heavy atom. The Morgan fingerprint density at radius 1 is 1.15 bits per heavy atom. The van der Waals surface area contributed by atoms with Gasteiger partial charge in [-0.3, -0.25) is 0 Å². The fourth-order valence-corrected chi connectivity index (χ4v) is 0.974. The van der Waals surface area contributed by atoms with Crippen LogP contribution in [0.1, 0.15) is 34.6 Å². The minimum Gasteiger partial charge on any atom is -0.203 e. The molecular weight excluding hydrogens is 164 g/mol. The van der Waals surface area contributed by atoms with Crippen LogP contribution in [0.5, 0.6) is 0 Å². The van der Waals surface area contributed by atoms with Crippen LogP contribution in [0, 0.1) is 0 Å². The van der Waals surface area contributed by atoms with Crippen LogP contribution in [-0.4, -0.2) is 35.8 Å². The molecule has 0 aromatic rings. The maximum absolute atomic E-state index is 4.10. The summed E-state index contributed by atoms with van der Waals surface area (Å²) in [6.45, 7) is 10.6. The number of hydrazine groups is 1. The van der Waals surface area contributed by atoms with Gasteiger partial charge in [-0.15, -0.1) is 0 Å². The van der Waals surface area contributed by atoms with Crippen LogP contribution in [0.15, 0.2) is 10.3 Å². The van der Waals surface area contributed by atoms with E-state index >= 15 is 0 Å². The lowest BCUT2D eigenvalue weighted by Gasteiger charge is -2.40. The van der Waals surface area contributed by atoms with E-state index in [9.17, 15) is 0 Å². The maximum Gasteiger partial charge on any atom is 0.0686 e. The van der Waals surface area contributed by atoms with Gasteiger partial charge in [0, 0.05) is 13.1 Å². The quantitative estimate of drug-likeness (QED) is 0.500. The highest BCUT2D eigenvalue weighted by Crippen LogP contribution is 2.17. The minimum absolute atomic E-state index is 0.0292. The monoisotopic (exact) mass is 186 g/mol. The average molecular weight is 186 g/mol. The van der Waals surface area contributed by atoms with Crippen LogP contribution < -0.4 is 0 Å². The zero-order valence-electron chi connectivity index (χ0n) is 9.87. The Morgan fingerprint density at radius 3 is 1.85 bits per heavy atom. The molecule has 4 nitrogen and oxygen atoms in total. The zero-order valence-corrected chi connectivity index (χ0v) is 9.87. The summed E-state index contributed by atoms with van der Waals surface area (Å²) in [7, 11) is 3.71. The van der Waals surface area contributed by atoms with E-state index < -0.39 is 0 Å². The van der Waals surface area contributed by atoms with Crippen LogP contribution >= 0.6 is 0 Å². The van der Waals surface area contributed by atoms with E-state index in [4.69, 9.17) is 0 Å². The third kappa shape index (κ3) is 3.72. The number of hydrogen-bond acceptors (Lipinski definition) is 3. The Kier molecular flexibility index (Phi) is 4.33. The molecule has 0 aromatic carbocycles. The van der Waals surface area contributed by atoms with Gasteiger partial charge in [-0.1, -0.05) is 5.22 Å². The summed E-state index contributed by atoms with van der Waals surface area (Å²) in [5.74, 6) is 0. The number of hydrogen-bond donors (Lipinski definition) is 0. The van der Waals surface area contributed by atoms with Gasteiger partial charge in [0.1, 0.15) is 0 Å². The fourth-order valence-electron chi connectivity index (χ4n) is 0.974. The van der Waals surface area contributed by atoms with Crippen LogP contribution in [-0.2, 0) is 0 Å². The van der Waals surface area contributed by atoms with Crippen LogP contribution in [0.4, 0.5) is 0 Å². The standard InChI is InChI=1S/C9H22N4/c1-8(2)12(7)13(11-10-6)9(3,4)5/h8H,1-7H3. The van der Waals surface area contributed by atoms with Crippen LogP contribution in [0.25, 0.3) is 0 Å². The van der Waals surface area contributed by atoms with Crippen molar-refractivity contribution < 1.29 is 0 Å². The molecular formula is C9H22N4. The molecule has 0 radical (unpaired) electrons. The Bertz CT molecular complexity index is 169. The van der Waals surface area contributed by atoms with Crippen molar-refractivity contribution in [2.24, 2.45) is 10.3 Å². The highest BCUT2D eigenvalue weighted by atomic mass is 15.8. The summed E-state index contributed by atoms with van der Waals surface area (Å²) >= 11 is 0. The van der Waals surface area contributed by atoms with E-state index in [0.29, 0.717) is 6.04 Å². The number of rotatable bonds is 3. The molecule has 0 unspecified atom stereocenters. The lowest BCUT2D eigenvalue weighted by atomic mass is 10.1. The van der Waals surface area contributed by atoms with Gasteiger partial charge in [0.25, 0.3) is 0 Å². The molecule has 0 amide bonds. The summed E-state index contributed by atoms with van der Waals surface area (Å²) in [4.78, 5) is 0. The fraction of sp³-hybridized carbons (Fsp3) is 1.00. The van der Waals surface area contributed by atoms with E-state index in [1.807, 2.05) is 12.2 Å². The Balaban J connectivity index is 4.61. The van der Waals surface area contributed by atoms with Crippen molar-refractivity contribution in [3.63, 3.8) is 0 Å². The minimum atomic E-state index is -0.0292. The second-order valence-electron chi connectivity index (χ2n) is 4.42. The molecule has 0 rings (SSSR count). The highest BCUT2D eigenvalue weighted by molar-refractivity contribution is 4.71. The van der Waals surface area contributed by atoms with Crippen molar-refractivity contribution in [3.8, 4) is 0 Å². The third-order valence-electron chi connectivity index (χ3n) is 1.82. The van der Waals surface area contributed by atoms with Crippen molar-refractivity contribution >= 4 is 0 Å². The molecule has 0 heterocycles. The van der Waals surface area contributed by atoms with Gasteiger partial charge in [-0.25, -0.2) is 10.1 Å². The van der Waals surface area contributed by atoms with Gasteiger partial charge in [0.05, 0.1) is 12.6 Å². The van der Waals surface area contributed by atoms with E-state index in [1.165, 1.54) is 0 Å². The number of nitrogens with zero attached hydrogens (tertiary/aromatic N) is 4. The van der Waals surface area contributed by atoms with Gasteiger partial charge in [0.15, 0.2) is 0 Å². The van der Waals surface area contributed by atoms with E-state index in [1.54, 1.807) is 7.05 Å². The highest BCUT2D eigenvalue weighted by Gasteiger charge is 2.25. The Hall–Kier alpha value is -0.640. The first-order valence-corrected chi connectivity index (χ1v) is 4.63. The molecule has 0 saturated heterocycles. The SMILES string of the molecule is CN=NN(N(C)C(C)C)C(C)(C)C. The first-order valence-electron chi connectivity index (χ1n) is 4.63. The third-order valence-corrected chi connectivity index (χ3v) is 1.82. The molecule has 0 spiro atoms. The van der Waals surface area contributed by atoms with Crippen molar-refractivity contribution in [2.45, 2.75) is 46.2 Å². The van der Waals surface area contributed by atoms with Crippen molar-refractivity contribution in [2.75, 3.05) is 14.1 Å². The van der Waals surface area contributed by atoms with Gasteiger partial charge < -0.3 is 0 Å². The molecule has 0 aliphatic carbocycles. The van der Waals surface area contributed by atoms with Crippen LogP contribution in [0.2, 0.25) is 0 Å². The normalized spacial score (nSPS) is 13.3. The summed E-state index contributed by atoms with van der Waals surface area (Å²) in [5, 5.41) is 11.9. The van der Waals surface area contributed by atoms with E-state index in [2.05, 4.69) is 50.0 Å². The van der Waals surface area contributed by atoms with E-state index in [-0.39, 0.29) is 5.54 Å². The molecule has 0 fully saturated rings. The smallest absolute Gasteiger partial charge is 0.0686 e. The second kappa shape index (κ2) is 4.56. The predicted molar refractivity (Wildman–Crippen MR) is 55.3 cm³/mol. The van der Waals surface area contributed by atoms with E-state index in [0.717, 1.165) is 0 Å². The maximum atomic E-state index is 4.10. The summed E-state index contributed by atoms with van der Waals surface area (Å²) in [5.41, 5.74) is -0.0292. The molecule has 78 valence electrons. The second-order valence-corrected chi connectivity index (χ2v) is 4.42. The first kappa shape index (κ1) is 12.4. The van der Waals surface area contributed by atoms with Crippen molar-refractivity contribution in [1.82, 2.24) is 10.1 Å². The largest absolute Gasteiger partial charge is 0.203 e. The van der Waals surface area contributed by atoms with Gasteiger partial charge in [0.2, 0.25) is 0 Å². The molecule has 0 atom stereocenters. The average Bonchev–Trinajstić information content (AvgIpc) is 1.96. The predicted octanol–water partition coefficient (Wildman–Crippen LogP) is 2.34. The van der Waals surface area contributed by atoms with Gasteiger partial charge >= 0.3 is 0 Å². The van der Waals surface area contributed by atoms with Crippen molar-refractivity contribution in [1.29, 1.82) is 0 Å². The zero-order chi connectivity index (χ0) is 10.6. The molecule has 0 saturated carbocycles. The van der Waals surface area contributed by atoms with Crippen LogP contribution in [0.3, 0.4) is 0 Å². The van der Waals surface area contributed by atoms with Gasteiger partial charge in [-0.05, 0) is 34.6 Å². The van der Waals surface area contributed by atoms with Crippen molar-refractivity contribution in [3.05, 3.63) is 0 Å². The van der Waals surface area contributed by atoms with Gasteiger partial charge in [-0.2, -0.15) is 5.11 Å². The summed E-state index contributed by atoms with van der Waals surface area (Å²) < 4.78 is 0. The molecule has 13 heavy (non-hydrogen) atoms. The molecule has 0 aliphatic heterocycles. The molecule has 4 heteroatoms. The molecule has 0 aromatic heterocycles. The molecule has 0 N–H and O–H groups in total. The topological polar surface area (TPSA) is 31.2 Å². The summed E-state index contributed by atoms with van der Waals surface area (Å²) in [6.07, 6.45) is 0. The first-order chi connectivity index (χ1) is 5.80. The molecule has 0 aliphatic rings. The lowest BCUT2D eigenvalue weighted by Crippen LogP contribution is -2.50. The Labute approximate surface area is 81.6 Å². The summed E-state index contributed by atoms with van der Waals surface area (Å²) in [6, 6.07) is 0.421. The molecule has 0 bridgehead atoms.